The number of carbonyl (C=O) groups is 6. The Kier molecular flexibility index (Phi) is 14.1. The van der Waals surface area contributed by atoms with Gasteiger partial charge < -0.3 is 43.4 Å². The summed E-state index contributed by atoms with van der Waals surface area (Å²) >= 11 is 0. The Morgan fingerprint density at radius 1 is 0.794 bits per heavy atom. The van der Waals surface area contributed by atoms with E-state index in [1.165, 1.54) is 0 Å². The van der Waals surface area contributed by atoms with Crippen LogP contribution in [0.25, 0.3) is 0 Å². The highest BCUT2D eigenvalue weighted by molar-refractivity contribution is 5.95. The van der Waals surface area contributed by atoms with Gasteiger partial charge in [-0.2, -0.15) is 0 Å². The minimum atomic E-state index is -1.58. The zero-order valence-corrected chi connectivity index (χ0v) is 19.4. The summed E-state index contributed by atoms with van der Waals surface area (Å²) in [5.41, 5.74) is 16.1. The highest BCUT2D eigenvalue weighted by Gasteiger charge is 2.31. The van der Waals surface area contributed by atoms with Gasteiger partial charge >= 0.3 is 11.9 Å². The monoisotopic (exact) mass is 488 g/mol. The Morgan fingerprint density at radius 2 is 1.32 bits per heavy atom. The van der Waals surface area contributed by atoms with Gasteiger partial charge in [0.1, 0.15) is 18.1 Å². The summed E-state index contributed by atoms with van der Waals surface area (Å²) < 4.78 is 0. The fraction of sp³-hybridized carbons (Fsp3) is 0.700. The third kappa shape index (κ3) is 12.7. The van der Waals surface area contributed by atoms with Crippen molar-refractivity contribution in [3.8, 4) is 0 Å². The lowest BCUT2D eigenvalue weighted by atomic mass is 10.0. The van der Waals surface area contributed by atoms with Crippen molar-refractivity contribution in [2.24, 2.45) is 23.1 Å². The third-order valence-corrected chi connectivity index (χ3v) is 4.67. The molecule has 14 nitrogen and oxygen atoms in total. The molecule has 4 amide bonds. The lowest BCUT2D eigenvalue weighted by molar-refractivity contribution is -0.143. The number of unbranched alkanes of at least 4 members (excludes halogenated alkanes) is 1. The van der Waals surface area contributed by atoms with Gasteiger partial charge in [-0.25, -0.2) is 4.79 Å². The molecule has 0 spiro atoms. The van der Waals surface area contributed by atoms with Gasteiger partial charge in [0.25, 0.3) is 0 Å². The van der Waals surface area contributed by atoms with Crippen molar-refractivity contribution in [1.82, 2.24) is 16.0 Å². The zero-order chi connectivity index (χ0) is 26.4. The van der Waals surface area contributed by atoms with Crippen LogP contribution >= 0.6 is 0 Å². The van der Waals surface area contributed by atoms with Crippen molar-refractivity contribution in [2.45, 2.75) is 76.5 Å². The summed E-state index contributed by atoms with van der Waals surface area (Å²) in [6.45, 7) is 3.90. The summed E-state index contributed by atoms with van der Waals surface area (Å²) in [5, 5.41) is 25.1. The maximum Gasteiger partial charge on any atom is 0.326 e. The first-order valence-electron chi connectivity index (χ1n) is 10.9. The van der Waals surface area contributed by atoms with Gasteiger partial charge in [-0.1, -0.05) is 13.8 Å². The molecule has 0 rings (SSSR count). The lowest BCUT2D eigenvalue weighted by Gasteiger charge is -2.26. The molecule has 0 heterocycles. The van der Waals surface area contributed by atoms with Gasteiger partial charge in [-0.05, 0) is 38.1 Å². The molecule has 0 fully saturated rings. The molecule has 4 atom stereocenters. The van der Waals surface area contributed by atoms with Crippen LogP contribution in [0.15, 0.2) is 0 Å². The van der Waals surface area contributed by atoms with Crippen LogP contribution in [0.1, 0.15) is 52.4 Å². The van der Waals surface area contributed by atoms with Crippen molar-refractivity contribution < 1.29 is 39.0 Å². The van der Waals surface area contributed by atoms with E-state index in [1.807, 2.05) is 0 Å². The summed E-state index contributed by atoms with van der Waals surface area (Å²) in [7, 11) is 0. The fourth-order valence-corrected chi connectivity index (χ4v) is 2.97. The molecule has 0 saturated heterocycles. The summed E-state index contributed by atoms with van der Waals surface area (Å²) in [6, 6.07) is -5.28. The van der Waals surface area contributed by atoms with Crippen LogP contribution in [-0.2, 0) is 28.8 Å². The van der Waals surface area contributed by atoms with Crippen molar-refractivity contribution in [1.29, 1.82) is 0 Å². The molecule has 14 heteroatoms. The largest absolute Gasteiger partial charge is 0.481 e. The fourth-order valence-electron chi connectivity index (χ4n) is 2.97. The standard InChI is InChI=1S/C20H36N6O8/c1-10(2)7-13(25-17(30)11(22)8-16(28)29)19(32)24-12(5-3-4-6-21)18(31)26-14(20(33)34)9-15(23)27/h10-14H,3-9,21-22H2,1-2H3,(H2,23,27)(H,24,32)(H,25,30)(H,26,31)(H,28,29)(H,33,34). The maximum atomic E-state index is 12.9. The summed E-state index contributed by atoms with van der Waals surface area (Å²) in [5.74, 6) is -6.20. The number of aliphatic carboxylic acids is 2. The van der Waals surface area contributed by atoms with Crippen LogP contribution in [0.5, 0.6) is 0 Å². The average Bonchev–Trinajstić information content (AvgIpc) is 2.70. The van der Waals surface area contributed by atoms with Crippen molar-refractivity contribution in [2.75, 3.05) is 6.54 Å². The highest BCUT2D eigenvalue weighted by atomic mass is 16.4. The number of carbonyl (C=O) groups excluding carboxylic acids is 4. The molecule has 4 unspecified atom stereocenters. The smallest absolute Gasteiger partial charge is 0.326 e. The number of carboxylic acid groups (broad SMARTS) is 2. The Hall–Kier alpha value is -3.26. The molecule has 0 aliphatic rings. The number of carboxylic acids is 2. The highest BCUT2D eigenvalue weighted by Crippen LogP contribution is 2.08. The molecule has 0 saturated carbocycles. The van der Waals surface area contributed by atoms with Gasteiger partial charge in [0.15, 0.2) is 0 Å². The zero-order valence-electron chi connectivity index (χ0n) is 19.4. The predicted molar refractivity (Wildman–Crippen MR) is 120 cm³/mol. The molecule has 0 aliphatic carbocycles. The van der Waals surface area contributed by atoms with Crippen LogP contribution in [0.4, 0.5) is 0 Å². The number of rotatable bonds is 17. The van der Waals surface area contributed by atoms with E-state index in [-0.39, 0.29) is 18.8 Å². The second-order valence-electron chi connectivity index (χ2n) is 8.31. The average molecular weight is 489 g/mol. The van der Waals surface area contributed by atoms with E-state index in [4.69, 9.17) is 22.3 Å². The van der Waals surface area contributed by atoms with Crippen LogP contribution < -0.4 is 33.2 Å². The van der Waals surface area contributed by atoms with E-state index in [9.17, 15) is 33.9 Å². The number of hydrogen-bond acceptors (Lipinski definition) is 8. The van der Waals surface area contributed by atoms with E-state index >= 15 is 0 Å². The van der Waals surface area contributed by atoms with Crippen LogP contribution in [0.3, 0.4) is 0 Å². The van der Waals surface area contributed by atoms with E-state index in [2.05, 4.69) is 16.0 Å². The maximum absolute atomic E-state index is 12.9. The number of nitrogens with two attached hydrogens (primary N) is 3. The van der Waals surface area contributed by atoms with Crippen LogP contribution in [0, 0.1) is 5.92 Å². The minimum Gasteiger partial charge on any atom is -0.481 e. The molecule has 0 bridgehead atoms. The van der Waals surface area contributed by atoms with Crippen LogP contribution in [-0.4, -0.2) is 76.5 Å². The second-order valence-corrected chi connectivity index (χ2v) is 8.31. The molecular formula is C20H36N6O8. The van der Waals surface area contributed by atoms with Crippen molar-refractivity contribution in [3.63, 3.8) is 0 Å². The van der Waals surface area contributed by atoms with E-state index in [0.29, 0.717) is 19.4 Å². The molecule has 34 heavy (non-hydrogen) atoms. The first-order valence-corrected chi connectivity index (χ1v) is 10.9. The molecule has 0 radical (unpaired) electrons. The van der Waals surface area contributed by atoms with Crippen LogP contribution in [0.2, 0.25) is 0 Å². The van der Waals surface area contributed by atoms with Gasteiger partial charge in [0.05, 0.1) is 18.9 Å². The lowest BCUT2D eigenvalue weighted by Crippen LogP contribution is -2.57. The molecule has 0 aromatic carbocycles. The van der Waals surface area contributed by atoms with E-state index in [1.54, 1.807) is 13.8 Å². The van der Waals surface area contributed by atoms with Gasteiger partial charge in [-0.15, -0.1) is 0 Å². The number of hydrogen-bond donors (Lipinski definition) is 8. The topological polar surface area (TPSA) is 257 Å². The number of amides is 4. The molecular weight excluding hydrogens is 452 g/mol. The molecule has 0 aromatic heterocycles. The van der Waals surface area contributed by atoms with Gasteiger partial charge in [-0.3, -0.25) is 24.0 Å². The second kappa shape index (κ2) is 15.6. The van der Waals surface area contributed by atoms with Gasteiger partial charge in [0, 0.05) is 0 Å². The van der Waals surface area contributed by atoms with E-state index < -0.39 is 72.6 Å². The number of primary amides is 1. The Balaban J connectivity index is 5.54. The SMILES string of the molecule is CC(C)CC(NC(=O)C(N)CC(=O)O)C(=O)NC(CCCCN)C(=O)NC(CC(N)=O)C(=O)O. The van der Waals surface area contributed by atoms with Crippen molar-refractivity contribution in [3.05, 3.63) is 0 Å². The quantitative estimate of drug-likeness (QED) is 0.0988. The molecule has 194 valence electrons. The minimum absolute atomic E-state index is 0.0665. The molecule has 0 aliphatic heterocycles. The Bertz CT molecular complexity index is 745. The Morgan fingerprint density at radius 3 is 1.79 bits per heavy atom. The predicted octanol–water partition coefficient (Wildman–Crippen LogP) is -2.62. The van der Waals surface area contributed by atoms with E-state index in [0.717, 1.165) is 0 Å². The normalized spacial score (nSPS) is 14.4. The molecule has 11 N–H and O–H groups in total. The van der Waals surface area contributed by atoms with Gasteiger partial charge in [0.2, 0.25) is 23.6 Å². The molecule has 0 aromatic rings. The number of nitrogens with one attached hydrogen (secondary N) is 3. The Labute approximate surface area is 197 Å². The first kappa shape index (κ1) is 30.7. The third-order valence-electron chi connectivity index (χ3n) is 4.67. The first-order chi connectivity index (χ1) is 15.8. The summed E-state index contributed by atoms with van der Waals surface area (Å²) in [4.78, 5) is 71.1. The summed E-state index contributed by atoms with van der Waals surface area (Å²) in [6.07, 6.45) is -0.0560. The van der Waals surface area contributed by atoms with Crippen molar-refractivity contribution >= 4 is 35.6 Å².